The van der Waals surface area contributed by atoms with Gasteiger partial charge in [-0.25, -0.2) is 18.1 Å². The Morgan fingerprint density at radius 3 is 2.75 bits per heavy atom. The lowest BCUT2D eigenvalue weighted by molar-refractivity contribution is 0.580. The quantitative estimate of drug-likeness (QED) is 0.845. The fourth-order valence-electron chi connectivity index (χ4n) is 1.82. The number of nitrogens with two attached hydrogens (primary N) is 1. The van der Waals surface area contributed by atoms with Gasteiger partial charge in [0.2, 0.25) is 10.0 Å². The number of benzene rings is 1. The molecule has 0 fully saturated rings. The molecule has 3 N–H and O–H groups in total. The lowest BCUT2D eigenvalue weighted by atomic mass is 10.2. The summed E-state index contributed by atoms with van der Waals surface area (Å²) in [6.07, 6.45) is 0.586. The van der Waals surface area contributed by atoms with Crippen molar-refractivity contribution in [3.63, 3.8) is 0 Å². The van der Waals surface area contributed by atoms with E-state index in [1.165, 1.54) is 11.3 Å². The number of hydrogen-bond acceptors (Lipinski definition) is 5. The molecule has 1 aromatic carbocycles. The number of thiazole rings is 1. The molecule has 108 valence electrons. The third-order valence-electron chi connectivity index (χ3n) is 2.78. The molecule has 1 aromatic heterocycles. The summed E-state index contributed by atoms with van der Waals surface area (Å²) < 4.78 is 27.0. The minimum Gasteiger partial charge on any atom is -0.326 e. The standard InChI is InChI=1S/C13H17N3O2S2/c1-10-9-19-13(16-10)6-7-15-20(17,18)12-5-3-2-4-11(12)8-14/h2-5,9,15H,6-8,14H2,1H3. The van der Waals surface area contributed by atoms with Crippen molar-refractivity contribution in [2.24, 2.45) is 5.73 Å². The van der Waals surface area contributed by atoms with Crippen molar-refractivity contribution in [2.45, 2.75) is 24.8 Å². The van der Waals surface area contributed by atoms with E-state index >= 15 is 0 Å². The lowest BCUT2D eigenvalue weighted by Crippen LogP contribution is -2.27. The van der Waals surface area contributed by atoms with E-state index in [9.17, 15) is 8.42 Å². The second-order valence-corrected chi connectivity index (χ2v) is 7.02. The van der Waals surface area contributed by atoms with Crippen molar-refractivity contribution in [3.8, 4) is 0 Å². The first kappa shape index (κ1) is 15.1. The molecule has 5 nitrogen and oxygen atoms in total. The van der Waals surface area contributed by atoms with E-state index < -0.39 is 10.0 Å². The Labute approximate surface area is 122 Å². The molecule has 2 rings (SSSR count). The Morgan fingerprint density at radius 2 is 2.10 bits per heavy atom. The first-order valence-electron chi connectivity index (χ1n) is 6.21. The molecule has 0 saturated carbocycles. The van der Waals surface area contributed by atoms with Crippen molar-refractivity contribution in [2.75, 3.05) is 6.54 Å². The summed E-state index contributed by atoms with van der Waals surface area (Å²) >= 11 is 1.54. The van der Waals surface area contributed by atoms with E-state index in [1.807, 2.05) is 12.3 Å². The molecule has 0 atom stereocenters. The van der Waals surface area contributed by atoms with Crippen LogP contribution in [0.3, 0.4) is 0 Å². The summed E-state index contributed by atoms with van der Waals surface area (Å²) in [5.74, 6) is 0. The predicted octanol–water partition coefficient (Wildman–Crippen LogP) is 1.43. The zero-order valence-electron chi connectivity index (χ0n) is 11.2. The fraction of sp³-hybridized carbons (Fsp3) is 0.308. The van der Waals surface area contributed by atoms with Gasteiger partial charge >= 0.3 is 0 Å². The molecule has 0 amide bonds. The van der Waals surface area contributed by atoms with E-state index in [1.54, 1.807) is 24.3 Å². The molecule has 0 bridgehead atoms. The smallest absolute Gasteiger partial charge is 0.240 e. The monoisotopic (exact) mass is 311 g/mol. The number of aryl methyl sites for hydroxylation is 1. The van der Waals surface area contributed by atoms with Crippen molar-refractivity contribution in [1.82, 2.24) is 9.71 Å². The van der Waals surface area contributed by atoms with Crippen molar-refractivity contribution in [3.05, 3.63) is 45.9 Å². The lowest BCUT2D eigenvalue weighted by Gasteiger charge is -2.09. The van der Waals surface area contributed by atoms with E-state index in [-0.39, 0.29) is 11.4 Å². The van der Waals surface area contributed by atoms with Crippen LogP contribution in [0.2, 0.25) is 0 Å². The second kappa shape index (κ2) is 6.45. The SMILES string of the molecule is Cc1csc(CCNS(=O)(=O)c2ccccc2CN)n1. The van der Waals surface area contributed by atoms with Crippen LogP contribution < -0.4 is 10.5 Å². The Kier molecular flexibility index (Phi) is 4.87. The zero-order valence-corrected chi connectivity index (χ0v) is 12.8. The summed E-state index contributed by atoms with van der Waals surface area (Å²) in [5.41, 5.74) is 7.14. The molecule has 2 aromatic rings. The minimum absolute atomic E-state index is 0.197. The summed E-state index contributed by atoms with van der Waals surface area (Å²) in [5, 5.41) is 2.88. The molecule has 0 unspecified atom stereocenters. The Morgan fingerprint density at radius 1 is 1.35 bits per heavy atom. The maximum absolute atomic E-state index is 12.2. The van der Waals surface area contributed by atoms with Crippen LogP contribution in [0.5, 0.6) is 0 Å². The van der Waals surface area contributed by atoms with Crippen molar-refractivity contribution < 1.29 is 8.42 Å². The van der Waals surface area contributed by atoms with Crippen molar-refractivity contribution in [1.29, 1.82) is 0 Å². The normalized spacial score (nSPS) is 11.7. The molecule has 20 heavy (non-hydrogen) atoms. The number of nitrogens with zero attached hydrogens (tertiary/aromatic N) is 1. The number of aromatic nitrogens is 1. The molecular formula is C13H17N3O2S2. The topological polar surface area (TPSA) is 85.1 Å². The van der Waals surface area contributed by atoms with E-state index in [0.717, 1.165) is 10.7 Å². The van der Waals surface area contributed by atoms with Crippen LogP contribution in [0.15, 0.2) is 34.5 Å². The van der Waals surface area contributed by atoms with Crippen LogP contribution in [-0.2, 0) is 23.0 Å². The maximum atomic E-state index is 12.2. The summed E-state index contributed by atoms with van der Waals surface area (Å²) in [4.78, 5) is 4.55. The Balaban J connectivity index is 2.04. The Hall–Kier alpha value is -1.28. The highest BCUT2D eigenvalue weighted by atomic mass is 32.2. The van der Waals surface area contributed by atoms with Crippen LogP contribution in [-0.4, -0.2) is 19.9 Å². The molecule has 7 heteroatoms. The van der Waals surface area contributed by atoms with Crippen LogP contribution in [0.4, 0.5) is 0 Å². The number of nitrogens with one attached hydrogen (secondary N) is 1. The van der Waals surface area contributed by atoms with Gasteiger partial charge in [0, 0.05) is 30.6 Å². The molecule has 0 aliphatic heterocycles. The highest BCUT2D eigenvalue weighted by Crippen LogP contribution is 2.15. The average molecular weight is 311 g/mol. The van der Waals surface area contributed by atoms with Crippen molar-refractivity contribution >= 4 is 21.4 Å². The van der Waals surface area contributed by atoms with Crippen LogP contribution >= 0.6 is 11.3 Å². The van der Waals surface area contributed by atoms with Gasteiger partial charge in [0.15, 0.2) is 0 Å². The number of hydrogen-bond donors (Lipinski definition) is 2. The first-order valence-corrected chi connectivity index (χ1v) is 8.58. The predicted molar refractivity (Wildman–Crippen MR) is 80.1 cm³/mol. The van der Waals surface area contributed by atoms with Gasteiger partial charge in [-0.3, -0.25) is 0 Å². The summed E-state index contributed by atoms with van der Waals surface area (Å²) in [6.45, 7) is 2.44. The van der Waals surface area contributed by atoms with Gasteiger partial charge in [-0.15, -0.1) is 11.3 Å². The molecular weight excluding hydrogens is 294 g/mol. The molecule has 0 aliphatic carbocycles. The van der Waals surface area contributed by atoms with Gasteiger partial charge < -0.3 is 5.73 Å². The highest BCUT2D eigenvalue weighted by Gasteiger charge is 2.16. The van der Waals surface area contributed by atoms with Crippen LogP contribution in [0, 0.1) is 6.92 Å². The van der Waals surface area contributed by atoms with E-state index in [2.05, 4.69) is 9.71 Å². The van der Waals surface area contributed by atoms with Crippen LogP contribution in [0.25, 0.3) is 0 Å². The maximum Gasteiger partial charge on any atom is 0.240 e. The molecule has 0 saturated heterocycles. The van der Waals surface area contributed by atoms with Gasteiger partial charge in [0.25, 0.3) is 0 Å². The minimum atomic E-state index is -3.52. The van der Waals surface area contributed by atoms with Crippen LogP contribution in [0.1, 0.15) is 16.3 Å². The summed E-state index contributed by atoms with van der Waals surface area (Å²) in [7, 11) is -3.52. The van der Waals surface area contributed by atoms with Gasteiger partial charge in [-0.05, 0) is 18.6 Å². The van der Waals surface area contributed by atoms with E-state index in [4.69, 9.17) is 5.73 Å². The first-order chi connectivity index (χ1) is 9.53. The third-order valence-corrected chi connectivity index (χ3v) is 5.37. The average Bonchev–Trinajstić information content (AvgIpc) is 2.84. The summed E-state index contributed by atoms with van der Waals surface area (Å²) in [6, 6.07) is 6.76. The molecule has 0 spiro atoms. The fourth-order valence-corrected chi connectivity index (χ4v) is 3.88. The van der Waals surface area contributed by atoms with Gasteiger partial charge in [0.1, 0.15) is 0 Å². The Bertz CT molecular complexity index is 680. The zero-order chi connectivity index (χ0) is 14.6. The molecule has 1 heterocycles. The second-order valence-electron chi connectivity index (χ2n) is 4.34. The number of sulfonamides is 1. The van der Waals surface area contributed by atoms with E-state index in [0.29, 0.717) is 18.5 Å². The third kappa shape index (κ3) is 3.63. The highest BCUT2D eigenvalue weighted by molar-refractivity contribution is 7.89. The largest absolute Gasteiger partial charge is 0.326 e. The molecule has 0 radical (unpaired) electrons. The molecule has 0 aliphatic rings. The van der Waals surface area contributed by atoms with Gasteiger partial charge in [-0.1, -0.05) is 18.2 Å². The van der Waals surface area contributed by atoms with Gasteiger partial charge in [-0.2, -0.15) is 0 Å². The number of rotatable bonds is 6. The van der Waals surface area contributed by atoms with Gasteiger partial charge in [0.05, 0.1) is 9.90 Å².